The summed E-state index contributed by atoms with van der Waals surface area (Å²) in [7, 11) is 0. The molecule has 0 atom stereocenters. The van der Waals surface area contributed by atoms with Gasteiger partial charge < -0.3 is 9.47 Å². The topological polar surface area (TPSA) is 35.5 Å². The lowest BCUT2D eigenvalue weighted by atomic mass is 10.0. The van der Waals surface area contributed by atoms with Gasteiger partial charge in [0, 0.05) is 0 Å². The maximum Gasteiger partial charge on any atom is 0.508 e. The van der Waals surface area contributed by atoms with Gasteiger partial charge in [0.1, 0.15) is 0 Å². The first-order valence-corrected chi connectivity index (χ1v) is 13.4. The molecule has 186 valence electrons. The van der Waals surface area contributed by atoms with Crippen LogP contribution < -0.4 is 0 Å². The average Bonchev–Trinajstić information content (AvgIpc) is 2.77. The zero-order valence-corrected chi connectivity index (χ0v) is 21.5. The minimum absolute atomic E-state index is 0.485. The molecule has 0 aromatic rings. The zero-order valence-electron chi connectivity index (χ0n) is 21.5. The van der Waals surface area contributed by atoms with Crippen LogP contribution in [-0.2, 0) is 9.47 Å². The fourth-order valence-corrected chi connectivity index (χ4v) is 3.44. The van der Waals surface area contributed by atoms with Gasteiger partial charge in [0.25, 0.3) is 0 Å². The first-order chi connectivity index (χ1) is 15.7. The summed E-state index contributed by atoms with van der Waals surface area (Å²) in [6.07, 6.45) is 31.7. The van der Waals surface area contributed by atoms with Crippen LogP contribution in [0.2, 0.25) is 0 Å². The van der Waals surface area contributed by atoms with Crippen molar-refractivity contribution in [3.8, 4) is 0 Å². The van der Waals surface area contributed by atoms with E-state index in [1.54, 1.807) is 0 Å². The summed E-state index contributed by atoms with van der Waals surface area (Å²) in [5.41, 5.74) is 0. The quantitative estimate of drug-likeness (QED) is 0.0939. The van der Waals surface area contributed by atoms with Gasteiger partial charge in [0.2, 0.25) is 0 Å². The Labute approximate surface area is 199 Å². The molecule has 0 fully saturated rings. The van der Waals surface area contributed by atoms with Gasteiger partial charge in [-0.15, -0.1) is 0 Å². The van der Waals surface area contributed by atoms with Crippen molar-refractivity contribution < 1.29 is 14.3 Å². The van der Waals surface area contributed by atoms with Gasteiger partial charge in [-0.05, 0) is 50.9 Å². The third-order valence-electron chi connectivity index (χ3n) is 5.41. The van der Waals surface area contributed by atoms with Crippen molar-refractivity contribution in [1.29, 1.82) is 0 Å². The molecule has 0 aliphatic rings. The van der Waals surface area contributed by atoms with E-state index in [1.165, 1.54) is 57.8 Å². The molecule has 0 saturated carbocycles. The molecule has 0 aliphatic carbocycles. The second-order valence-corrected chi connectivity index (χ2v) is 9.10. The van der Waals surface area contributed by atoms with Crippen LogP contribution in [0.25, 0.3) is 0 Å². The summed E-state index contributed by atoms with van der Waals surface area (Å²) in [4.78, 5) is 11.6. The molecule has 0 aromatic carbocycles. The SMILES string of the molecule is CCC=CCC=CCC=CCCCCCCCCOC(=O)OCCCCCCCC(C)C. The molecule has 3 heteroatoms. The molecule has 0 heterocycles. The third kappa shape index (κ3) is 26.5. The Kier molecular flexibility index (Phi) is 24.5. The maximum absolute atomic E-state index is 11.6. The standard InChI is InChI=1S/C29H52O3/c1-4-5-6-7-8-9-10-11-12-13-14-15-16-17-20-23-26-31-29(30)32-27-24-21-18-19-22-25-28(2)3/h5-6,8-9,11-12,28H,4,7,10,13-27H2,1-3H3. The molecule has 0 bridgehead atoms. The molecule has 0 spiro atoms. The van der Waals surface area contributed by atoms with Crippen LogP contribution in [0, 0.1) is 5.92 Å². The predicted molar refractivity (Wildman–Crippen MR) is 139 cm³/mol. The van der Waals surface area contributed by atoms with Crippen LogP contribution >= 0.6 is 0 Å². The van der Waals surface area contributed by atoms with E-state index in [1.807, 2.05) is 0 Å². The Hall–Kier alpha value is -1.51. The van der Waals surface area contributed by atoms with Gasteiger partial charge >= 0.3 is 6.16 Å². The normalized spacial score (nSPS) is 12.0. The van der Waals surface area contributed by atoms with Gasteiger partial charge in [-0.3, -0.25) is 0 Å². The smallest absolute Gasteiger partial charge is 0.434 e. The number of hydrogen-bond donors (Lipinski definition) is 0. The number of carbonyl (C=O) groups is 1. The van der Waals surface area contributed by atoms with Crippen molar-refractivity contribution in [2.24, 2.45) is 5.92 Å². The molecule has 0 amide bonds. The Morgan fingerprint density at radius 3 is 1.66 bits per heavy atom. The average molecular weight is 449 g/mol. The fraction of sp³-hybridized carbons (Fsp3) is 0.759. The van der Waals surface area contributed by atoms with E-state index >= 15 is 0 Å². The van der Waals surface area contributed by atoms with Crippen molar-refractivity contribution in [2.75, 3.05) is 13.2 Å². The molecular formula is C29H52O3. The predicted octanol–water partition coefficient (Wildman–Crippen LogP) is 9.73. The largest absolute Gasteiger partial charge is 0.508 e. The lowest BCUT2D eigenvalue weighted by Gasteiger charge is -2.07. The van der Waals surface area contributed by atoms with Crippen LogP contribution in [0.3, 0.4) is 0 Å². The Morgan fingerprint density at radius 2 is 1.09 bits per heavy atom. The Balaban J connectivity index is 3.27. The second kappa shape index (κ2) is 25.7. The minimum atomic E-state index is -0.496. The van der Waals surface area contributed by atoms with E-state index in [2.05, 4.69) is 57.2 Å². The van der Waals surface area contributed by atoms with Crippen LogP contribution in [0.5, 0.6) is 0 Å². The van der Waals surface area contributed by atoms with Gasteiger partial charge in [-0.25, -0.2) is 4.79 Å². The highest BCUT2D eigenvalue weighted by molar-refractivity contribution is 5.59. The number of allylic oxidation sites excluding steroid dienone is 6. The second-order valence-electron chi connectivity index (χ2n) is 9.10. The number of ether oxygens (including phenoxy) is 2. The monoisotopic (exact) mass is 448 g/mol. The van der Waals surface area contributed by atoms with Crippen molar-refractivity contribution in [3.05, 3.63) is 36.5 Å². The summed E-state index contributed by atoms with van der Waals surface area (Å²) in [6, 6.07) is 0. The molecule has 32 heavy (non-hydrogen) atoms. The maximum atomic E-state index is 11.6. The molecule has 3 nitrogen and oxygen atoms in total. The lowest BCUT2D eigenvalue weighted by Crippen LogP contribution is -2.09. The van der Waals surface area contributed by atoms with Crippen LogP contribution in [0.4, 0.5) is 4.79 Å². The number of carbonyl (C=O) groups excluding carboxylic acids is 1. The highest BCUT2D eigenvalue weighted by Crippen LogP contribution is 2.11. The Morgan fingerprint density at radius 1 is 0.625 bits per heavy atom. The van der Waals surface area contributed by atoms with Crippen LogP contribution in [0.15, 0.2) is 36.5 Å². The van der Waals surface area contributed by atoms with Crippen molar-refractivity contribution in [1.82, 2.24) is 0 Å². The molecule has 0 radical (unpaired) electrons. The molecule has 0 unspecified atom stereocenters. The zero-order chi connectivity index (χ0) is 23.5. The molecule has 0 aliphatic heterocycles. The summed E-state index contributed by atoms with van der Waals surface area (Å²) in [5.74, 6) is 0.802. The van der Waals surface area contributed by atoms with Gasteiger partial charge in [0.05, 0.1) is 13.2 Å². The Bertz CT molecular complexity index is 477. The van der Waals surface area contributed by atoms with E-state index in [0.717, 1.165) is 50.9 Å². The minimum Gasteiger partial charge on any atom is -0.434 e. The number of rotatable bonds is 22. The van der Waals surface area contributed by atoms with Gasteiger partial charge in [-0.1, -0.05) is 115 Å². The third-order valence-corrected chi connectivity index (χ3v) is 5.41. The van der Waals surface area contributed by atoms with E-state index < -0.39 is 6.16 Å². The molecule has 0 rings (SSSR count). The highest BCUT2D eigenvalue weighted by Gasteiger charge is 2.03. The van der Waals surface area contributed by atoms with Gasteiger partial charge in [0.15, 0.2) is 0 Å². The number of hydrogen-bond acceptors (Lipinski definition) is 3. The molecule has 0 N–H and O–H groups in total. The van der Waals surface area contributed by atoms with Crippen LogP contribution in [-0.4, -0.2) is 19.4 Å². The van der Waals surface area contributed by atoms with Crippen molar-refractivity contribution in [3.63, 3.8) is 0 Å². The fourth-order valence-electron chi connectivity index (χ4n) is 3.44. The van der Waals surface area contributed by atoms with Crippen LogP contribution in [0.1, 0.15) is 124 Å². The highest BCUT2D eigenvalue weighted by atomic mass is 16.7. The number of unbranched alkanes of at least 4 members (excludes halogenated alkanes) is 10. The van der Waals surface area contributed by atoms with E-state index in [9.17, 15) is 4.79 Å². The first kappa shape index (κ1) is 30.5. The summed E-state index contributed by atoms with van der Waals surface area (Å²) in [5, 5.41) is 0. The molecular weight excluding hydrogens is 396 g/mol. The van der Waals surface area contributed by atoms with Gasteiger partial charge in [-0.2, -0.15) is 0 Å². The first-order valence-electron chi connectivity index (χ1n) is 13.4. The van der Waals surface area contributed by atoms with Crippen molar-refractivity contribution >= 4 is 6.16 Å². The van der Waals surface area contributed by atoms with E-state index in [4.69, 9.17) is 9.47 Å². The summed E-state index contributed by atoms with van der Waals surface area (Å²) < 4.78 is 10.3. The summed E-state index contributed by atoms with van der Waals surface area (Å²) >= 11 is 0. The van der Waals surface area contributed by atoms with Crippen molar-refractivity contribution in [2.45, 2.75) is 124 Å². The lowest BCUT2D eigenvalue weighted by molar-refractivity contribution is 0.0529. The molecule has 0 saturated heterocycles. The molecule has 0 aromatic heterocycles. The summed E-state index contributed by atoms with van der Waals surface area (Å²) in [6.45, 7) is 7.68. The van der Waals surface area contributed by atoms with E-state index in [0.29, 0.717) is 13.2 Å². The van der Waals surface area contributed by atoms with E-state index in [-0.39, 0.29) is 0 Å².